The molecule has 0 aliphatic rings. The average molecular weight is 231 g/mol. The van der Waals surface area contributed by atoms with Crippen LogP contribution in [0.25, 0.3) is 0 Å². The molecule has 0 heterocycles. The minimum absolute atomic E-state index is 0.0462. The molecule has 17 heavy (non-hydrogen) atoms. The number of hydrogen-bond acceptors (Lipinski definition) is 3. The van der Waals surface area contributed by atoms with Crippen LogP contribution in [0.1, 0.15) is 32.3 Å². The summed E-state index contributed by atoms with van der Waals surface area (Å²) >= 11 is 0. The quantitative estimate of drug-likeness (QED) is 0.781. The molecule has 0 bridgehead atoms. The second-order valence-corrected chi connectivity index (χ2v) is 4.39. The van der Waals surface area contributed by atoms with E-state index in [0.717, 1.165) is 6.42 Å². The number of anilines is 2. The Bertz CT molecular complexity index is 446. The van der Waals surface area contributed by atoms with Crippen LogP contribution in [0, 0.1) is 17.2 Å². The number of nitrogens with two attached hydrogens (primary N) is 1. The molecule has 0 spiro atoms. The topological polar surface area (TPSA) is 78.9 Å². The number of amides is 1. The summed E-state index contributed by atoms with van der Waals surface area (Å²) in [6, 6.07) is 6.84. The number of rotatable bonds is 4. The first-order valence-electron chi connectivity index (χ1n) is 5.62. The first kappa shape index (κ1) is 13.0. The van der Waals surface area contributed by atoms with Crippen LogP contribution in [0.5, 0.6) is 0 Å². The fraction of sp³-hybridized carbons (Fsp3) is 0.385. The molecular formula is C13H17N3O. The van der Waals surface area contributed by atoms with E-state index >= 15 is 0 Å². The van der Waals surface area contributed by atoms with Crippen LogP contribution >= 0.6 is 0 Å². The molecule has 0 radical (unpaired) electrons. The Morgan fingerprint density at radius 1 is 1.53 bits per heavy atom. The van der Waals surface area contributed by atoms with E-state index in [0.29, 0.717) is 29.3 Å². The molecule has 1 amide bonds. The van der Waals surface area contributed by atoms with Crippen LogP contribution in [-0.4, -0.2) is 5.91 Å². The predicted octanol–water partition coefficient (Wildman–Crippen LogP) is 2.52. The van der Waals surface area contributed by atoms with Crippen molar-refractivity contribution in [2.75, 3.05) is 11.1 Å². The van der Waals surface area contributed by atoms with Gasteiger partial charge in [0, 0.05) is 6.42 Å². The molecule has 0 atom stereocenters. The van der Waals surface area contributed by atoms with Crippen molar-refractivity contribution in [2.24, 2.45) is 5.92 Å². The van der Waals surface area contributed by atoms with E-state index < -0.39 is 0 Å². The Balaban J connectivity index is 2.63. The van der Waals surface area contributed by atoms with Crippen LogP contribution in [-0.2, 0) is 4.79 Å². The van der Waals surface area contributed by atoms with E-state index in [4.69, 9.17) is 11.0 Å². The van der Waals surface area contributed by atoms with Gasteiger partial charge < -0.3 is 11.1 Å². The zero-order valence-electron chi connectivity index (χ0n) is 10.2. The second kappa shape index (κ2) is 5.90. The van der Waals surface area contributed by atoms with Crippen molar-refractivity contribution in [1.29, 1.82) is 5.26 Å². The summed E-state index contributed by atoms with van der Waals surface area (Å²) in [6.07, 6.45) is 1.33. The average Bonchev–Trinajstić information content (AvgIpc) is 2.29. The van der Waals surface area contributed by atoms with Gasteiger partial charge in [-0.1, -0.05) is 13.8 Å². The molecule has 4 heteroatoms. The number of nitrogen functional groups attached to an aromatic ring is 1. The molecular weight excluding hydrogens is 214 g/mol. The van der Waals surface area contributed by atoms with Crippen LogP contribution < -0.4 is 11.1 Å². The van der Waals surface area contributed by atoms with Crippen LogP contribution in [0.2, 0.25) is 0 Å². The summed E-state index contributed by atoms with van der Waals surface area (Å²) in [6.45, 7) is 4.15. The molecule has 0 saturated carbocycles. The summed E-state index contributed by atoms with van der Waals surface area (Å²) in [7, 11) is 0. The normalized spacial score (nSPS) is 10.0. The van der Waals surface area contributed by atoms with Crippen LogP contribution in [0.3, 0.4) is 0 Å². The van der Waals surface area contributed by atoms with E-state index in [-0.39, 0.29) is 5.91 Å². The zero-order chi connectivity index (χ0) is 12.8. The summed E-state index contributed by atoms with van der Waals surface area (Å²) in [5.74, 6) is 0.453. The van der Waals surface area contributed by atoms with Crippen molar-refractivity contribution in [3.63, 3.8) is 0 Å². The van der Waals surface area contributed by atoms with Gasteiger partial charge in [-0.05, 0) is 30.5 Å². The first-order valence-corrected chi connectivity index (χ1v) is 5.62. The summed E-state index contributed by atoms with van der Waals surface area (Å²) in [5.41, 5.74) is 7.21. The van der Waals surface area contributed by atoms with Gasteiger partial charge in [0.05, 0.1) is 23.0 Å². The first-order chi connectivity index (χ1) is 8.02. The summed E-state index contributed by atoms with van der Waals surface area (Å²) in [5, 5.41) is 11.4. The Labute approximate surface area is 101 Å². The number of nitrogens with zero attached hydrogens (tertiary/aromatic N) is 1. The molecule has 0 unspecified atom stereocenters. The maximum Gasteiger partial charge on any atom is 0.224 e. The molecule has 0 saturated heterocycles. The Morgan fingerprint density at radius 2 is 2.24 bits per heavy atom. The highest BCUT2D eigenvalue weighted by atomic mass is 16.1. The lowest BCUT2D eigenvalue weighted by atomic mass is 10.1. The SMILES string of the molecule is CC(C)CCC(=O)Nc1ccc(C#N)cc1N. The maximum atomic E-state index is 11.6. The number of nitriles is 1. The van der Waals surface area contributed by atoms with Gasteiger partial charge >= 0.3 is 0 Å². The van der Waals surface area contributed by atoms with Crippen molar-refractivity contribution in [3.05, 3.63) is 23.8 Å². The Morgan fingerprint density at radius 3 is 2.76 bits per heavy atom. The van der Waals surface area contributed by atoms with Crippen LogP contribution in [0.15, 0.2) is 18.2 Å². The highest BCUT2D eigenvalue weighted by Gasteiger charge is 2.06. The molecule has 4 nitrogen and oxygen atoms in total. The molecule has 1 aromatic carbocycles. The lowest BCUT2D eigenvalue weighted by Gasteiger charge is -2.09. The molecule has 0 aromatic heterocycles. The van der Waals surface area contributed by atoms with E-state index in [2.05, 4.69) is 19.2 Å². The lowest BCUT2D eigenvalue weighted by Crippen LogP contribution is -2.13. The van der Waals surface area contributed by atoms with Crippen molar-refractivity contribution < 1.29 is 4.79 Å². The lowest BCUT2D eigenvalue weighted by molar-refractivity contribution is -0.116. The number of nitrogens with one attached hydrogen (secondary N) is 1. The highest BCUT2D eigenvalue weighted by Crippen LogP contribution is 2.20. The van der Waals surface area contributed by atoms with Gasteiger partial charge in [-0.25, -0.2) is 0 Å². The maximum absolute atomic E-state index is 11.6. The molecule has 3 N–H and O–H groups in total. The fourth-order valence-corrected chi connectivity index (χ4v) is 1.38. The largest absolute Gasteiger partial charge is 0.397 e. The number of benzene rings is 1. The molecule has 90 valence electrons. The Kier molecular flexibility index (Phi) is 4.53. The van der Waals surface area contributed by atoms with Crippen molar-refractivity contribution in [1.82, 2.24) is 0 Å². The van der Waals surface area contributed by atoms with E-state index in [1.807, 2.05) is 6.07 Å². The number of hydrogen-bond donors (Lipinski definition) is 2. The van der Waals surface area contributed by atoms with Gasteiger partial charge in [0.25, 0.3) is 0 Å². The van der Waals surface area contributed by atoms with Crippen molar-refractivity contribution in [3.8, 4) is 6.07 Å². The van der Waals surface area contributed by atoms with Crippen LogP contribution in [0.4, 0.5) is 11.4 Å². The van der Waals surface area contributed by atoms with Gasteiger partial charge in [-0.15, -0.1) is 0 Å². The zero-order valence-corrected chi connectivity index (χ0v) is 10.2. The molecule has 0 aliphatic heterocycles. The van der Waals surface area contributed by atoms with E-state index in [9.17, 15) is 4.79 Å². The standard InChI is InChI=1S/C13H17N3O/c1-9(2)3-6-13(17)16-12-5-4-10(8-14)7-11(12)15/h4-5,7,9H,3,6,15H2,1-2H3,(H,16,17). The summed E-state index contributed by atoms with van der Waals surface area (Å²) in [4.78, 5) is 11.6. The minimum atomic E-state index is -0.0462. The molecule has 1 aromatic rings. The Hall–Kier alpha value is -2.02. The third-order valence-electron chi connectivity index (χ3n) is 2.40. The summed E-state index contributed by atoms with van der Waals surface area (Å²) < 4.78 is 0. The third kappa shape index (κ3) is 4.15. The fourth-order valence-electron chi connectivity index (χ4n) is 1.38. The molecule has 1 rings (SSSR count). The minimum Gasteiger partial charge on any atom is -0.397 e. The molecule has 0 fully saturated rings. The van der Waals surface area contributed by atoms with Gasteiger partial charge in [-0.3, -0.25) is 4.79 Å². The smallest absolute Gasteiger partial charge is 0.224 e. The third-order valence-corrected chi connectivity index (χ3v) is 2.40. The predicted molar refractivity (Wildman–Crippen MR) is 68.3 cm³/mol. The van der Waals surface area contributed by atoms with Gasteiger partial charge in [0.15, 0.2) is 0 Å². The van der Waals surface area contributed by atoms with Gasteiger partial charge in [-0.2, -0.15) is 5.26 Å². The van der Waals surface area contributed by atoms with E-state index in [1.54, 1.807) is 18.2 Å². The molecule has 0 aliphatic carbocycles. The second-order valence-electron chi connectivity index (χ2n) is 4.39. The van der Waals surface area contributed by atoms with Crippen molar-refractivity contribution >= 4 is 17.3 Å². The monoisotopic (exact) mass is 231 g/mol. The number of carbonyl (C=O) groups is 1. The highest BCUT2D eigenvalue weighted by molar-refractivity contribution is 5.93. The number of carbonyl (C=O) groups excluding carboxylic acids is 1. The van der Waals surface area contributed by atoms with Crippen molar-refractivity contribution in [2.45, 2.75) is 26.7 Å². The van der Waals surface area contributed by atoms with E-state index in [1.165, 1.54) is 0 Å². The van der Waals surface area contributed by atoms with Gasteiger partial charge in [0.2, 0.25) is 5.91 Å². The van der Waals surface area contributed by atoms with Gasteiger partial charge in [0.1, 0.15) is 0 Å².